The van der Waals surface area contributed by atoms with Gasteiger partial charge >= 0.3 is 0 Å². The molecular formula is C14H14N4O. The van der Waals surface area contributed by atoms with Crippen LogP contribution in [0.25, 0.3) is 0 Å². The molecule has 1 heterocycles. The van der Waals surface area contributed by atoms with Crippen molar-refractivity contribution in [3.05, 3.63) is 42.2 Å². The van der Waals surface area contributed by atoms with Gasteiger partial charge in [0.05, 0.1) is 6.10 Å². The van der Waals surface area contributed by atoms with Crippen LogP contribution < -0.4 is 10.1 Å². The first-order valence-electron chi connectivity index (χ1n) is 5.94. The van der Waals surface area contributed by atoms with E-state index in [4.69, 9.17) is 10.00 Å². The van der Waals surface area contributed by atoms with E-state index in [0.29, 0.717) is 11.6 Å². The van der Waals surface area contributed by atoms with Crippen LogP contribution in [0.15, 0.2) is 36.5 Å². The first-order chi connectivity index (χ1) is 9.17. The summed E-state index contributed by atoms with van der Waals surface area (Å²) in [4.78, 5) is 8.09. The zero-order valence-corrected chi connectivity index (χ0v) is 10.8. The van der Waals surface area contributed by atoms with Gasteiger partial charge in [-0.05, 0) is 44.2 Å². The van der Waals surface area contributed by atoms with E-state index < -0.39 is 0 Å². The number of ether oxygens (including phenoxy) is 1. The van der Waals surface area contributed by atoms with E-state index in [9.17, 15) is 0 Å². The van der Waals surface area contributed by atoms with Crippen LogP contribution >= 0.6 is 0 Å². The lowest BCUT2D eigenvalue weighted by Gasteiger charge is -2.10. The predicted octanol–water partition coefficient (Wildman–Crippen LogP) is 2.88. The maximum absolute atomic E-state index is 8.76. The lowest BCUT2D eigenvalue weighted by molar-refractivity contribution is 0.242. The Hall–Kier alpha value is -2.61. The average molecular weight is 254 g/mol. The summed E-state index contributed by atoms with van der Waals surface area (Å²) < 4.78 is 5.55. The minimum Gasteiger partial charge on any atom is -0.491 e. The molecule has 0 aliphatic rings. The highest BCUT2D eigenvalue weighted by atomic mass is 16.5. The number of hydrogen-bond donors (Lipinski definition) is 1. The van der Waals surface area contributed by atoms with Crippen molar-refractivity contribution in [2.75, 3.05) is 5.32 Å². The molecule has 2 rings (SSSR count). The Bertz CT molecular complexity index is 587. The molecule has 0 aliphatic carbocycles. The van der Waals surface area contributed by atoms with E-state index in [1.54, 1.807) is 12.3 Å². The van der Waals surface area contributed by atoms with Crippen LogP contribution in [-0.2, 0) is 0 Å². The van der Waals surface area contributed by atoms with Crippen molar-refractivity contribution in [1.29, 1.82) is 5.26 Å². The Kier molecular flexibility index (Phi) is 3.94. The van der Waals surface area contributed by atoms with Gasteiger partial charge < -0.3 is 10.1 Å². The van der Waals surface area contributed by atoms with Crippen molar-refractivity contribution in [2.45, 2.75) is 20.0 Å². The van der Waals surface area contributed by atoms with Gasteiger partial charge in [0.2, 0.25) is 5.95 Å². The fourth-order valence-corrected chi connectivity index (χ4v) is 1.50. The van der Waals surface area contributed by atoms with Gasteiger partial charge in [0, 0.05) is 11.9 Å². The number of nitriles is 1. The summed E-state index contributed by atoms with van der Waals surface area (Å²) in [6, 6.07) is 11.0. The summed E-state index contributed by atoms with van der Waals surface area (Å²) in [5.74, 6) is 1.21. The normalized spacial score (nSPS) is 10.0. The van der Waals surface area contributed by atoms with Gasteiger partial charge in [0.15, 0.2) is 0 Å². The fraction of sp³-hybridized carbons (Fsp3) is 0.214. The van der Waals surface area contributed by atoms with Crippen LogP contribution in [0.2, 0.25) is 0 Å². The van der Waals surface area contributed by atoms with Crippen LogP contribution in [0.1, 0.15) is 19.5 Å². The third-order valence-electron chi connectivity index (χ3n) is 2.25. The van der Waals surface area contributed by atoms with Crippen molar-refractivity contribution >= 4 is 11.6 Å². The molecule has 1 aromatic carbocycles. The lowest BCUT2D eigenvalue weighted by atomic mass is 10.3. The fourth-order valence-electron chi connectivity index (χ4n) is 1.50. The first-order valence-corrected chi connectivity index (χ1v) is 5.94. The second-order valence-corrected chi connectivity index (χ2v) is 4.19. The van der Waals surface area contributed by atoms with Gasteiger partial charge in [-0.15, -0.1) is 0 Å². The molecule has 5 nitrogen and oxygen atoms in total. The SMILES string of the molecule is CC(C)Oc1ccc(Nc2nccc(C#N)n2)cc1. The van der Waals surface area contributed by atoms with Gasteiger partial charge in [-0.2, -0.15) is 5.26 Å². The quantitative estimate of drug-likeness (QED) is 0.908. The number of benzene rings is 1. The molecule has 0 aliphatic heterocycles. The van der Waals surface area contributed by atoms with E-state index in [1.165, 1.54) is 0 Å². The maximum Gasteiger partial charge on any atom is 0.228 e. The van der Waals surface area contributed by atoms with E-state index in [1.807, 2.05) is 44.2 Å². The van der Waals surface area contributed by atoms with Crippen LogP contribution in [-0.4, -0.2) is 16.1 Å². The summed E-state index contributed by atoms with van der Waals surface area (Å²) in [7, 11) is 0. The molecule has 0 atom stereocenters. The van der Waals surface area contributed by atoms with E-state index in [0.717, 1.165) is 11.4 Å². The molecule has 0 radical (unpaired) electrons. The summed E-state index contributed by atoms with van der Waals surface area (Å²) in [5.41, 5.74) is 1.17. The Balaban J connectivity index is 2.09. The standard InChI is InChI=1S/C14H14N4O/c1-10(2)19-13-5-3-11(4-6-13)17-14-16-8-7-12(9-15)18-14/h3-8,10H,1-2H3,(H,16,17,18). The Morgan fingerprint density at radius 1 is 1.21 bits per heavy atom. The summed E-state index contributed by atoms with van der Waals surface area (Å²) >= 11 is 0. The van der Waals surface area contributed by atoms with Gasteiger partial charge in [0.1, 0.15) is 17.5 Å². The number of nitrogens with zero attached hydrogens (tertiary/aromatic N) is 3. The topological polar surface area (TPSA) is 70.8 Å². The molecule has 96 valence electrons. The molecule has 0 bridgehead atoms. The molecule has 0 fully saturated rings. The first kappa shape index (κ1) is 12.8. The minimum absolute atomic E-state index is 0.148. The maximum atomic E-state index is 8.76. The lowest BCUT2D eigenvalue weighted by Crippen LogP contribution is -2.05. The number of anilines is 2. The van der Waals surface area contributed by atoms with Crippen molar-refractivity contribution < 1.29 is 4.74 Å². The Morgan fingerprint density at radius 3 is 2.58 bits per heavy atom. The van der Waals surface area contributed by atoms with Gasteiger partial charge in [-0.3, -0.25) is 0 Å². The van der Waals surface area contributed by atoms with Crippen LogP contribution in [0, 0.1) is 11.3 Å². The monoisotopic (exact) mass is 254 g/mol. The molecule has 2 aromatic rings. The zero-order chi connectivity index (χ0) is 13.7. The Labute approximate surface area is 111 Å². The summed E-state index contributed by atoms with van der Waals surface area (Å²) in [6.07, 6.45) is 1.69. The van der Waals surface area contributed by atoms with Crippen molar-refractivity contribution in [2.24, 2.45) is 0 Å². The zero-order valence-electron chi connectivity index (χ0n) is 10.8. The molecular weight excluding hydrogens is 240 g/mol. The van der Waals surface area contributed by atoms with E-state index >= 15 is 0 Å². The molecule has 0 spiro atoms. The third kappa shape index (κ3) is 3.68. The van der Waals surface area contributed by atoms with E-state index in [-0.39, 0.29) is 6.10 Å². The smallest absolute Gasteiger partial charge is 0.228 e. The van der Waals surface area contributed by atoms with Crippen LogP contribution in [0.3, 0.4) is 0 Å². The summed E-state index contributed by atoms with van der Waals surface area (Å²) in [6.45, 7) is 3.96. The highest BCUT2D eigenvalue weighted by molar-refractivity contribution is 5.54. The Morgan fingerprint density at radius 2 is 1.95 bits per heavy atom. The van der Waals surface area contributed by atoms with Crippen LogP contribution in [0.5, 0.6) is 5.75 Å². The second kappa shape index (κ2) is 5.83. The van der Waals surface area contributed by atoms with Gasteiger partial charge in [-0.25, -0.2) is 9.97 Å². The average Bonchev–Trinajstić information content (AvgIpc) is 2.41. The number of rotatable bonds is 4. The van der Waals surface area contributed by atoms with Crippen molar-refractivity contribution in [3.63, 3.8) is 0 Å². The highest BCUT2D eigenvalue weighted by Crippen LogP contribution is 2.18. The number of nitrogens with one attached hydrogen (secondary N) is 1. The summed E-state index contributed by atoms with van der Waals surface area (Å²) in [5, 5.41) is 11.8. The van der Waals surface area contributed by atoms with Crippen molar-refractivity contribution in [3.8, 4) is 11.8 Å². The van der Waals surface area contributed by atoms with Crippen molar-refractivity contribution in [1.82, 2.24) is 9.97 Å². The molecule has 1 aromatic heterocycles. The molecule has 1 N–H and O–H groups in total. The second-order valence-electron chi connectivity index (χ2n) is 4.19. The molecule has 19 heavy (non-hydrogen) atoms. The van der Waals surface area contributed by atoms with Gasteiger partial charge in [-0.1, -0.05) is 0 Å². The molecule has 0 amide bonds. The molecule has 0 saturated heterocycles. The van der Waals surface area contributed by atoms with E-state index in [2.05, 4.69) is 15.3 Å². The van der Waals surface area contributed by atoms with Gasteiger partial charge in [0.25, 0.3) is 0 Å². The minimum atomic E-state index is 0.148. The predicted molar refractivity (Wildman–Crippen MR) is 72.2 cm³/mol. The molecule has 0 unspecified atom stereocenters. The molecule has 0 saturated carbocycles. The number of aromatic nitrogens is 2. The largest absolute Gasteiger partial charge is 0.491 e. The van der Waals surface area contributed by atoms with Crippen LogP contribution in [0.4, 0.5) is 11.6 Å². The highest BCUT2D eigenvalue weighted by Gasteiger charge is 2.01. The number of hydrogen-bond acceptors (Lipinski definition) is 5. The molecule has 5 heteroatoms. The third-order valence-corrected chi connectivity index (χ3v) is 2.25.